The minimum Gasteiger partial charge on any atom is -0.311 e. The third-order valence-corrected chi connectivity index (χ3v) is 15.1. The Kier molecular flexibility index (Phi) is 8.87. The number of hydrogen-bond acceptors (Lipinski definition) is 3. The monoisotopic (exact) mass is 775 g/mol. The van der Waals surface area contributed by atoms with Crippen LogP contribution in [0, 0.1) is 6.92 Å². The SMILES string of the molecule is Cc1cc2c3c(c1)N(c1ccc(C(C)(C)C)cc1)c1c(sc4c1C(C)(C)CCC4(C)C)B3c1ccc(C(C)(C)C)cc1N2c1cc(C(C)(C)C)cc(C(C)(C)C)c1. The quantitative estimate of drug-likeness (QED) is 0.161. The van der Waals surface area contributed by atoms with Crippen molar-refractivity contribution in [3.8, 4) is 0 Å². The molecule has 4 aromatic carbocycles. The lowest BCUT2D eigenvalue weighted by Crippen LogP contribution is -2.60. The lowest BCUT2D eigenvalue weighted by molar-refractivity contribution is 0.339. The average Bonchev–Trinajstić information content (AvgIpc) is 3.51. The molecule has 4 heteroatoms. The van der Waals surface area contributed by atoms with Gasteiger partial charge >= 0.3 is 0 Å². The lowest BCUT2D eigenvalue weighted by atomic mass is 9.36. The first kappa shape index (κ1) is 40.0. The standard InChI is InChI=1S/C53H67BN2S/c1-32-26-41-44-42(27-32)56(37-21-18-33(19-22-37)48(2,3)4)45-43-46(53(16,17)25-24-52(43,14)15)57-47(45)54(44)39-23-20-34(49(5,6)7)31-40(39)55(41)38-29-35(50(8,9)10)28-36(30-38)51(11,12)13/h18-23,26-31H,24-25H2,1-17H3. The van der Waals surface area contributed by atoms with Gasteiger partial charge in [-0.3, -0.25) is 0 Å². The predicted molar refractivity (Wildman–Crippen MR) is 253 cm³/mol. The van der Waals surface area contributed by atoms with E-state index in [1.165, 1.54) is 90.5 Å². The van der Waals surface area contributed by atoms with Crippen molar-refractivity contribution in [3.05, 3.63) is 111 Å². The molecule has 2 aliphatic heterocycles. The van der Waals surface area contributed by atoms with Gasteiger partial charge in [-0.25, -0.2) is 0 Å². The van der Waals surface area contributed by atoms with E-state index in [-0.39, 0.29) is 39.2 Å². The summed E-state index contributed by atoms with van der Waals surface area (Å²) in [6.07, 6.45) is 2.39. The molecule has 1 aromatic heterocycles. The van der Waals surface area contributed by atoms with Crippen LogP contribution in [-0.2, 0) is 32.5 Å². The van der Waals surface area contributed by atoms with E-state index >= 15 is 0 Å². The third kappa shape index (κ3) is 6.52. The predicted octanol–water partition coefficient (Wildman–Crippen LogP) is 13.7. The molecule has 0 atom stereocenters. The van der Waals surface area contributed by atoms with Crippen LogP contribution in [0.5, 0.6) is 0 Å². The van der Waals surface area contributed by atoms with Crippen LogP contribution in [-0.4, -0.2) is 6.71 Å². The summed E-state index contributed by atoms with van der Waals surface area (Å²) in [7, 11) is 0. The maximum Gasteiger partial charge on any atom is 0.264 e. The Hall–Kier alpha value is -3.76. The molecule has 0 unspecified atom stereocenters. The van der Waals surface area contributed by atoms with Crippen molar-refractivity contribution >= 4 is 67.9 Å². The molecule has 2 nitrogen and oxygen atoms in total. The number of fused-ring (bicyclic) bond motifs is 6. The summed E-state index contributed by atoms with van der Waals surface area (Å²) in [5, 5.41) is 0. The first-order valence-electron chi connectivity index (χ1n) is 21.5. The van der Waals surface area contributed by atoms with Gasteiger partial charge in [0.05, 0.1) is 5.69 Å². The second-order valence-electron chi connectivity index (χ2n) is 23.2. The van der Waals surface area contributed by atoms with Crippen LogP contribution in [0.25, 0.3) is 0 Å². The van der Waals surface area contributed by atoms with Crippen LogP contribution in [0.2, 0.25) is 0 Å². The van der Waals surface area contributed by atoms with E-state index in [1.807, 2.05) is 0 Å². The van der Waals surface area contributed by atoms with Gasteiger partial charge in [0.15, 0.2) is 0 Å². The van der Waals surface area contributed by atoms with Gasteiger partial charge < -0.3 is 9.80 Å². The molecule has 0 bridgehead atoms. The fraction of sp³-hybridized carbons (Fsp3) is 0.472. The van der Waals surface area contributed by atoms with Crippen molar-refractivity contribution in [1.82, 2.24) is 0 Å². The van der Waals surface area contributed by atoms with Crippen molar-refractivity contribution < 1.29 is 0 Å². The number of nitrogens with zero attached hydrogens (tertiary/aromatic N) is 2. The molecule has 0 N–H and O–H groups in total. The van der Waals surface area contributed by atoms with E-state index in [2.05, 4.69) is 212 Å². The van der Waals surface area contributed by atoms with Crippen molar-refractivity contribution in [2.24, 2.45) is 0 Å². The van der Waals surface area contributed by atoms with Crippen LogP contribution in [0.15, 0.2) is 72.8 Å². The zero-order valence-electron chi connectivity index (χ0n) is 38.2. The van der Waals surface area contributed by atoms with Crippen LogP contribution in [0.3, 0.4) is 0 Å². The van der Waals surface area contributed by atoms with Gasteiger partial charge in [-0.2, -0.15) is 11.3 Å². The van der Waals surface area contributed by atoms with Crippen molar-refractivity contribution in [2.45, 2.75) is 163 Å². The second kappa shape index (κ2) is 12.6. The molecule has 0 saturated heterocycles. The summed E-state index contributed by atoms with van der Waals surface area (Å²) in [5.74, 6) is 0. The molecule has 3 heterocycles. The number of anilines is 6. The molecule has 57 heavy (non-hydrogen) atoms. The van der Waals surface area contributed by atoms with Crippen molar-refractivity contribution in [3.63, 3.8) is 0 Å². The topological polar surface area (TPSA) is 6.48 Å². The minimum absolute atomic E-state index is 0.00296. The number of thiophene rings is 1. The van der Waals surface area contributed by atoms with Crippen LogP contribution >= 0.6 is 11.3 Å². The third-order valence-electron chi connectivity index (χ3n) is 13.5. The van der Waals surface area contributed by atoms with Crippen molar-refractivity contribution in [1.29, 1.82) is 0 Å². The Morgan fingerprint density at radius 3 is 1.58 bits per heavy atom. The van der Waals surface area contributed by atoms with E-state index in [0.717, 1.165) is 0 Å². The summed E-state index contributed by atoms with van der Waals surface area (Å²) in [4.78, 5) is 6.93. The van der Waals surface area contributed by atoms with E-state index in [1.54, 1.807) is 10.4 Å². The first-order valence-corrected chi connectivity index (χ1v) is 22.3. The lowest BCUT2D eigenvalue weighted by Gasteiger charge is -2.46. The average molecular weight is 775 g/mol. The minimum atomic E-state index is -0.00296. The highest BCUT2D eigenvalue weighted by atomic mass is 32.1. The van der Waals surface area contributed by atoms with Gasteiger partial charge in [0, 0.05) is 38.1 Å². The van der Waals surface area contributed by atoms with Gasteiger partial charge in [0.2, 0.25) is 0 Å². The first-order chi connectivity index (χ1) is 26.2. The molecule has 0 spiro atoms. The summed E-state index contributed by atoms with van der Waals surface area (Å²) >= 11 is 2.12. The maximum atomic E-state index is 2.70. The fourth-order valence-corrected chi connectivity index (χ4v) is 11.4. The number of hydrogen-bond donors (Lipinski definition) is 0. The maximum absolute atomic E-state index is 2.70. The zero-order valence-corrected chi connectivity index (χ0v) is 39.0. The zero-order chi connectivity index (χ0) is 41.6. The molecule has 5 aromatic rings. The molecule has 0 saturated carbocycles. The van der Waals surface area contributed by atoms with Crippen LogP contribution < -0.4 is 25.5 Å². The van der Waals surface area contributed by atoms with E-state index in [9.17, 15) is 0 Å². The number of benzene rings is 4. The molecule has 0 radical (unpaired) electrons. The Labute approximate surface area is 350 Å². The highest BCUT2D eigenvalue weighted by Gasteiger charge is 2.51. The summed E-state index contributed by atoms with van der Waals surface area (Å²) in [6, 6.07) is 29.5. The Bertz CT molecular complexity index is 2380. The molecule has 298 valence electrons. The number of rotatable bonds is 2. The summed E-state index contributed by atoms with van der Waals surface area (Å²) < 4.78 is 1.50. The second-order valence-corrected chi connectivity index (χ2v) is 24.2. The molecular weight excluding hydrogens is 707 g/mol. The van der Waals surface area contributed by atoms with E-state index in [4.69, 9.17) is 0 Å². The summed E-state index contributed by atoms with van der Waals surface area (Å²) in [6.45, 7) is 40.6. The Morgan fingerprint density at radius 1 is 0.526 bits per heavy atom. The largest absolute Gasteiger partial charge is 0.311 e. The molecule has 3 aliphatic rings. The normalized spacial score (nSPS) is 17.2. The number of aryl methyl sites for hydroxylation is 1. The van der Waals surface area contributed by atoms with E-state index < -0.39 is 0 Å². The molecule has 1 aliphatic carbocycles. The van der Waals surface area contributed by atoms with Gasteiger partial charge in [-0.1, -0.05) is 141 Å². The van der Waals surface area contributed by atoms with Crippen molar-refractivity contribution in [2.75, 3.05) is 9.80 Å². The Balaban J connectivity index is 1.52. The molecular formula is C53H67BN2S. The summed E-state index contributed by atoms with van der Waals surface area (Å²) in [5.41, 5.74) is 19.3. The highest BCUT2D eigenvalue weighted by Crippen LogP contribution is 2.56. The van der Waals surface area contributed by atoms with Crippen LogP contribution in [0.1, 0.15) is 162 Å². The van der Waals surface area contributed by atoms with Gasteiger partial charge in [-0.15, -0.1) is 0 Å². The van der Waals surface area contributed by atoms with Gasteiger partial charge in [-0.05, 0) is 139 Å². The van der Waals surface area contributed by atoms with Gasteiger partial charge in [0.25, 0.3) is 6.71 Å². The van der Waals surface area contributed by atoms with E-state index in [0.29, 0.717) is 0 Å². The highest BCUT2D eigenvalue weighted by molar-refractivity contribution is 7.29. The smallest absolute Gasteiger partial charge is 0.264 e. The molecule has 8 rings (SSSR count). The van der Waals surface area contributed by atoms with Crippen LogP contribution in [0.4, 0.5) is 34.1 Å². The Morgan fingerprint density at radius 2 is 1.04 bits per heavy atom. The molecule has 0 fully saturated rings. The van der Waals surface area contributed by atoms with Gasteiger partial charge in [0.1, 0.15) is 0 Å². The fourth-order valence-electron chi connectivity index (χ4n) is 9.64. The molecule has 0 amide bonds.